The third-order valence-electron chi connectivity index (χ3n) is 2.14. The molecule has 0 saturated heterocycles. The summed E-state index contributed by atoms with van der Waals surface area (Å²) in [6.07, 6.45) is 3.59. The molecular weight excluding hydrogens is 206 g/mol. The average molecular weight is 223 g/mol. The molecule has 0 bridgehead atoms. The number of primary amides is 1. The molecule has 0 aliphatic rings. The van der Waals surface area contributed by atoms with Gasteiger partial charge in [-0.25, -0.2) is 0 Å². The number of nitrogens with one attached hydrogen (secondary N) is 1. The van der Waals surface area contributed by atoms with Crippen LogP contribution < -0.4 is 11.1 Å². The molecule has 5 heteroatoms. The van der Waals surface area contributed by atoms with Crippen LogP contribution in [0.3, 0.4) is 0 Å². The lowest BCUT2D eigenvalue weighted by atomic mass is 10.2. The molecule has 0 saturated carbocycles. The van der Waals surface area contributed by atoms with Crippen LogP contribution in [0.1, 0.15) is 25.0 Å². The Bertz CT molecular complexity index is 325. The number of carbonyl (C=O) groups is 1. The maximum Gasteiger partial charge on any atom is 0.217 e. The minimum Gasteiger partial charge on any atom is -0.506 e. The first-order valence-electron chi connectivity index (χ1n) is 5.31. The second-order valence-corrected chi connectivity index (χ2v) is 3.61. The van der Waals surface area contributed by atoms with Crippen molar-refractivity contribution < 1.29 is 9.90 Å². The van der Waals surface area contributed by atoms with Gasteiger partial charge < -0.3 is 16.2 Å². The molecule has 0 fully saturated rings. The molecule has 0 aliphatic heterocycles. The lowest BCUT2D eigenvalue weighted by molar-refractivity contribution is -0.118. The Kier molecular flexibility index (Phi) is 5.28. The van der Waals surface area contributed by atoms with E-state index in [-0.39, 0.29) is 11.7 Å². The molecule has 0 unspecified atom stereocenters. The minimum atomic E-state index is -0.250. The van der Waals surface area contributed by atoms with Crippen molar-refractivity contribution in [3.05, 3.63) is 24.0 Å². The summed E-state index contributed by atoms with van der Waals surface area (Å²) in [5, 5.41) is 12.2. The quantitative estimate of drug-likeness (QED) is 0.588. The first-order chi connectivity index (χ1) is 7.68. The van der Waals surface area contributed by atoms with Crippen LogP contribution >= 0.6 is 0 Å². The van der Waals surface area contributed by atoms with Gasteiger partial charge in [0.1, 0.15) is 5.75 Å². The second kappa shape index (κ2) is 6.79. The van der Waals surface area contributed by atoms with Crippen LogP contribution in [0.2, 0.25) is 0 Å². The molecule has 1 aromatic heterocycles. The highest BCUT2D eigenvalue weighted by Gasteiger charge is 1.96. The van der Waals surface area contributed by atoms with Crippen molar-refractivity contribution in [1.82, 2.24) is 10.3 Å². The fraction of sp³-hybridized carbons (Fsp3) is 0.455. The number of rotatable bonds is 7. The largest absolute Gasteiger partial charge is 0.506 e. The van der Waals surface area contributed by atoms with E-state index in [1.807, 2.05) is 0 Å². The van der Waals surface area contributed by atoms with Gasteiger partial charge in [-0.15, -0.1) is 0 Å². The van der Waals surface area contributed by atoms with Gasteiger partial charge in [-0.05, 0) is 31.5 Å². The minimum absolute atomic E-state index is 0.171. The zero-order chi connectivity index (χ0) is 11.8. The van der Waals surface area contributed by atoms with Gasteiger partial charge in [0.15, 0.2) is 0 Å². The number of hydrogen-bond acceptors (Lipinski definition) is 4. The SMILES string of the molecule is NC(=O)CCCCNCc1ccc(O)cn1. The van der Waals surface area contributed by atoms with Crippen molar-refractivity contribution >= 4 is 5.91 Å². The summed E-state index contributed by atoms with van der Waals surface area (Å²) in [6, 6.07) is 3.38. The molecule has 0 aliphatic carbocycles. The number of nitrogens with two attached hydrogens (primary N) is 1. The molecule has 4 N–H and O–H groups in total. The summed E-state index contributed by atoms with van der Waals surface area (Å²) >= 11 is 0. The number of pyridine rings is 1. The molecule has 1 aromatic rings. The van der Waals surface area contributed by atoms with E-state index >= 15 is 0 Å². The summed E-state index contributed by atoms with van der Waals surface area (Å²) < 4.78 is 0. The first kappa shape index (κ1) is 12.4. The molecule has 5 nitrogen and oxygen atoms in total. The van der Waals surface area contributed by atoms with Crippen LogP contribution in [0.4, 0.5) is 0 Å². The zero-order valence-electron chi connectivity index (χ0n) is 9.15. The van der Waals surface area contributed by atoms with Crippen molar-refractivity contribution in [1.29, 1.82) is 0 Å². The predicted octanol–water partition coefficient (Wildman–Crippen LogP) is 0.532. The predicted molar refractivity (Wildman–Crippen MR) is 60.7 cm³/mol. The maximum atomic E-state index is 10.5. The van der Waals surface area contributed by atoms with E-state index in [1.165, 1.54) is 6.20 Å². The third kappa shape index (κ3) is 5.31. The Hall–Kier alpha value is -1.62. The van der Waals surface area contributed by atoms with Crippen LogP contribution in [0.25, 0.3) is 0 Å². The summed E-state index contributed by atoms with van der Waals surface area (Å²) in [4.78, 5) is 14.5. The number of hydrogen-bond donors (Lipinski definition) is 3. The van der Waals surface area contributed by atoms with E-state index in [9.17, 15) is 4.79 Å². The van der Waals surface area contributed by atoms with Crippen LogP contribution in [0.5, 0.6) is 5.75 Å². The van der Waals surface area contributed by atoms with Gasteiger partial charge in [0, 0.05) is 13.0 Å². The summed E-state index contributed by atoms with van der Waals surface area (Å²) in [7, 11) is 0. The number of carbonyl (C=O) groups excluding carboxylic acids is 1. The van der Waals surface area contributed by atoms with Gasteiger partial charge in [-0.1, -0.05) is 0 Å². The van der Waals surface area contributed by atoms with Crippen LogP contribution in [0, 0.1) is 0 Å². The highest BCUT2D eigenvalue weighted by atomic mass is 16.3. The Morgan fingerprint density at radius 1 is 1.44 bits per heavy atom. The Balaban J connectivity index is 2.07. The lowest BCUT2D eigenvalue weighted by Crippen LogP contribution is -2.16. The molecule has 0 spiro atoms. The number of amides is 1. The standard InChI is InChI=1S/C11H17N3O2/c12-11(16)3-1-2-6-13-7-9-4-5-10(15)8-14-9/h4-5,8,13,15H,1-3,6-7H2,(H2,12,16). The van der Waals surface area contributed by atoms with Crippen molar-refractivity contribution in [3.8, 4) is 5.75 Å². The van der Waals surface area contributed by atoms with E-state index in [0.29, 0.717) is 13.0 Å². The summed E-state index contributed by atoms with van der Waals surface area (Å²) in [6.45, 7) is 1.49. The van der Waals surface area contributed by atoms with Crippen molar-refractivity contribution in [3.63, 3.8) is 0 Å². The first-order valence-corrected chi connectivity index (χ1v) is 5.31. The van der Waals surface area contributed by atoms with Gasteiger partial charge in [0.25, 0.3) is 0 Å². The van der Waals surface area contributed by atoms with E-state index < -0.39 is 0 Å². The monoisotopic (exact) mass is 223 g/mol. The van der Waals surface area contributed by atoms with E-state index in [2.05, 4.69) is 10.3 Å². The van der Waals surface area contributed by atoms with Gasteiger partial charge in [0.2, 0.25) is 5.91 Å². The lowest BCUT2D eigenvalue weighted by Gasteiger charge is -2.03. The Labute approximate surface area is 94.7 Å². The molecule has 1 rings (SSSR count). The highest BCUT2D eigenvalue weighted by molar-refractivity contribution is 5.73. The molecule has 16 heavy (non-hydrogen) atoms. The van der Waals surface area contributed by atoms with E-state index in [0.717, 1.165) is 25.1 Å². The van der Waals surface area contributed by atoms with Crippen molar-refractivity contribution in [2.24, 2.45) is 5.73 Å². The second-order valence-electron chi connectivity index (χ2n) is 3.61. The molecule has 0 aromatic carbocycles. The number of unbranched alkanes of at least 4 members (excludes halogenated alkanes) is 1. The highest BCUT2D eigenvalue weighted by Crippen LogP contribution is 2.05. The summed E-state index contributed by atoms with van der Waals surface area (Å²) in [5.41, 5.74) is 5.90. The van der Waals surface area contributed by atoms with E-state index in [1.54, 1.807) is 12.1 Å². The van der Waals surface area contributed by atoms with Gasteiger partial charge in [0.05, 0.1) is 11.9 Å². The van der Waals surface area contributed by atoms with Gasteiger partial charge >= 0.3 is 0 Å². The van der Waals surface area contributed by atoms with E-state index in [4.69, 9.17) is 10.8 Å². The topological polar surface area (TPSA) is 88.2 Å². The third-order valence-corrected chi connectivity index (χ3v) is 2.14. The normalized spacial score (nSPS) is 10.2. The zero-order valence-corrected chi connectivity index (χ0v) is 9.15. The van der Waals surface area contributed by atoms with Crippen molar-refractivity contribution in [2.45, 2.75) is 25.8 Å². The van der Waals surface area contributed by atoms with Gasteiger partial charge in [-0.3, -0.25) is 9.78 Å². The van der Waals surface area contributed by atoms with Crippen LogP contribution in [-0.2, 0) is 11.3 Å². The molecule has 1 heterocycles. The van der Waals surface area contributed by atoms with Crippen LogP contribution in [0.15, 0.2) is 18.3 Å². The number of aromatic nitrogens is 1. The molecule has 0 atom stereocenters. The maximum absolute atomic E-state index is 10.5. The smallest absolute Gasteiger partial charge is 0.217 e. The summed E-state index contributed by atoms with van der Waals surface area (Å²) in [5.74, 6) is -0.0783. The van der Waals surface area contributed by atoms with Gasteiger partial charge in [-0.2, -0.15) is 0 Å². The number of nitrogens with zero attached hydrogens (tertiary/aromatic N) is 1. The average Bonchev–Trinajstić information content (AvgIpc) is 2.25. The van der Waals surface area contributed by atoms with Crippen molar-refractivity contribution in [2.75, 3.05) is 6.54 Å². The molecule has 1 amide bonds. The molecule has 88 valence electrons. The van der Waals surface area contributed by atoms with Crippen LogP contribution in [-0.4, -0.2) is 22.5 Å². The number of aromatic hydroxyl groups is 1. The Morgan fingerprint density at radius 3 is 2.88 bits per heavy atom. The molecular formula is C11H17N3O2. The fourth-order valence-electron chi connectivity index (χ4n) is 1.29. The fourth-order valence-corrected chi connectivity index (χ4v) is 1.29. The Morgan fingerprint density at radius 2 is 2.25 bits per heavy atom. The molecule has 0 radical (unpaired) electrons.